The Morgan fingerprint density at radius 3 is 2.55 bits per heavy atom. The predicted octanol–water partition coefficient (Wildman–Crippen LogP) is 4.03. The number of allylic oxidation sites excluding steroid dienone is 1. The highest BCUT2D eigenvalue weighted by molar-refractivity contribution is 7.84. The van der Waals surface area contributed by atoms with Crippen molar-refractivity contribution in [1.29, 1.82) is 0 Å². The Morgan fingerprint density at radius 2 is 2.00 bits per heavy atom. The molecule has 2 rings (SSSR count). The van der Waals surface area contributed by atoms with Gasteiger partial charge in [0.1, 0.15) is 17.1 Å². The molecule has 1 heterocycles. The van der Waals surface area contributed by atoms with Crippen LogP contribution in [-0.2, 0) is 22.3 Å². The van der Waals surface area contributed by atoms with Gasteiger partial charge in [-0.05, 0) is 52.2 Å². The molecular weight excluding hydrogens is 294 g/mol. The van der Waals surface area contributed by atoms with Gasteiger partial charge in [0.15, 0.2) is 0 Å². The van der Waals surface area contributed by atoms with Gasteiger partial charge in [0.25, 0.3) is 0 Å². The highest BCUT2D eigenvalue weighted by Crippen LogP contribution is 2.25. The lowest BCUT2D eigenvalue weighted by Gasteiger charge is -2.37. The van der Waals surface area contributed by atoms with Crippen molar-refractivity contribution in [1.82, 2.24) is 4.31 Å². The normalized spacial score (nSPS) is 21.4. The van der Waals surface area contributed by atoms with Crippen LogP contribution in [0.3, 0.4) is 0 Å². The zero-order valence-corrected chi connectivity index (χ0v) is 14.8. The summed E-state index contributed by atoms with van der Waals surface area (Å²) in [5.74, 6) is 0. The lowest BCUT2D eigenvalue weighted by molar-refractivity contribution is 0.0633. The van der Waals surface area contributed by atoms with Crippen molar-refractivity contribution in [2.24, 2.45) is 0 Å². The molecular formula is C18H27NO2S. The fourth-order valence-corrected chi connectivity index (χ4v) is 3.97. The predicted molar refractivity (Wildman–Crippen MR) is 92.6 cm³/mol. The molecule has 0 saturated carbocycles. The summed E-state index contributed by atoms with van der Waals surface area (Å²) < 4.78 is 20.6. The Bertz CT molecular complexity index is 522. The van der Waals surface area contributed by atoms with Crippen LogP contribution in [-0.4, -0.2) is 25.4 Å². The summed E-state index contributed by atoms with van der Waals surface area (Å²) in [6.07, 6.45) is 5.93. The van der Waals surface area contributed by atoms with E-state index in [9.17, 15) is 4.21 Å². The lowest BCUT2D eigenvalue weighted by atomic mass is 10.1. The molecule has 3 atom stereocenters. The molecule has 0 spiro atoms. The minimum atomic E-state index is -1.08. The van der Waals surface area contributed by atoms with Crippen molar-refractivity contribution < 1.29 is 8.95 Å². The van der Waals surface area contributed by atoms with E-state index in [1.807, 2.05) is 45.0 Å². The molecule has 0 aromatic heterocycles. The van der Waals surface area contributed by atoms with Gasteiger partial charge in [-0.25, -0.2) is 8.51 Å². The van der Waals surface area contributed by atoms with Crippen molar-refractivity contribution in [3.63, 3.8) is 0 Å². The first kappa shape index (κ1) is 17.2. The summed E-state index contributed by atoms with van der Waals surface area (Å²) in [4.78, 5) is 0. The van der Waals surface area contributed by atoms with Crippen molar-refractivity contribution in [3.05, 3.63) is 48.2 Å². The van der Waals surface area contributed by atoms with Gasteiger partial charge in [-0.3, -0.25) is 0 Å². The molecule has 1 aromatic rings. The van der Waals surface area contributed by atoms with Crippen LogP contribution in [0, 0.1) is 0 Å². The van der Waals surface area contributed by atoms with Crippen LogP contribution in [0.2, 0.25) is 0 Å². The lowest BCUT2D eigenvalue weighted by Crippen LogP contribution is -2.47. The number of hydrogen-bond acceptors (Lipinski definition) is 2. The second-order valence-corrected chi connectivity index (χ2v) is 8.98. The third kappa shape index (κ3) is 4.43. The fourth-order valence-electron chi connectivity index (χ4n) is 2.56. The van der Waals surface area contributed by atoms with E-state index in [0.29, 0.717) is 6.54 Å². The van der Waals surface area contributed by atoms with Gasteiger partial charge in [0.05, 0.1) is 17.1 Å². The van der Waals surface area contributed by atoms with E-state index in [1.54, 1.807) is 6.26 Å². The number of nitrogens with zero attached hydrogens (tertiary/aromatic N) is 1. The molecule has 3 nitrogen and oxygen atoms in total. The van der Waals surface area contributed by atoms with E-state index in [4.69, 9.17) is 4.74 Å². The quantitative estimate of drug-likeness (QED) is 0.819. The number of rotatable bonds is 5. The second kappa shape index (κ2) is 7.42. The van der Waals surface area contributed by atoms with Crippen molar-refractivity contribution in [2.45, 2.75) is 64.0 Å². The Morgan fingerprint density at radius 1 is 1.32 bits per heavy atom. The van der Waals surface area contributed by atoms with E-state index >= 15 is 0 Å². The van der Waals surface area contributed by atoms with E-state index in [0.717, 1.165) is 12.8 Å². The van der Waals surface area contributed by atoms with E-state index < -0.39 is 11.0 Å². The van der Waals surface area contributed by atoms with E-state index in [2.05, 4.69) is 23.4 Å². The molecule has 0 saturated heterocycles. The number of ether oxygens (including phenoxy) is 1. The summed E-state index contributed by atoms with van der Waals surface area (Å²) in [6.45, 7) is 8.87. The van der Waals surface area contributed by atoms with Gasteiger partial charge >= 0.3 is 0 Å². The fraction of sp³-hybridized carbons (Fsp3) is 0.556. The molecule has 0 N–H and O–H groups in total. The van der Waals surface area contributed by atoms with Crippen LogP contribution in [0.4, 0.5) is 0 Å². The van der Waals surface area contributed by atoms with E-state index in [1.165, 1.54) is 5.56 Å². The molecule has 22 heavy (non-hydrogen) atoms. The molecule has 0 radical (unpaired) electrons. The van der Waals surface area contributed by atoms with Crippen LogP contribution in [0.25, 0.3) is 0 Å². The van der Waals surface area contributed by atoms with Crippen LogP contribution in [0.5, 0.6) is 0 Å². The highest BCUT2D eigenvalue weighted by Gasteiger charge is 2.34. The summed E-state index contributed by atoms with van der Waals surface area (Å²) in [7, 11) is -1.08. The SMILES string of the molecule is CC(C1CCC=CO1)N(Cc1ccccc1)S(=O)C(C)(C)C. The molecule has 0 aliphatic carbocycles. The Hall–Kier alpha value is -1.13. The van der Waals surface area contributed by atoms with Crippen LogP contribution in [0.15, 0.2) is 42.7 Å². The number of hydrogen-bond donors (Lipinski definition) is 0. The van der Waals surface area contributed by atoms with Gasteiger partial charge in [-0.15, -0.1) is 0 Å². The largest absolute Gasteiger partial charge is 0.497 e. The molecule has 4 heteroatoms. The topological polar surface area (TPSA) is 29.5 Å². The Balaban J connectivity index is 2.20. The first-order valence-corrected chi connectivity index (χ1v) is 9.03. The van der Waals surface area contributed by atoms with Crippen LogP contribution >= 0.6 is 0 Å². The molecule has 1 aromatic carbocycles. The first-order chi connectivity index (χ1) is 10.4. The third-order valence-electron chi connectivity index (χ3n) is 3.88. The van der Waals surface area contributed by atoms with Crippen molar-refractivity contribution >= 4 is 11.0 Å². The molecule has 1 aliphatic rings. The second-order valence-electron chi connectivity index (χ2n) is 6.79. The molecule has 3 unspecified atom stereocenters. The van der Waals surface area contributed by atoms with Crippen LogP contribution in [0.1, 0.15) is 46.1 Å². The maximum Gasteiger partial charge on any atom is 0.114 e. The van der Waals surface area contributed by atoms with Crippen molar-refractivity contribution in [3.8, 4) is 0 Å². The maximum atomic E-state index is 13.0. The third-order valence-corrected chi connectivity index (χ3v) is 5.81. The summed E-state index contributed by atoms with van der Waals surface area (Å²) >= 11 is 0. The molecule has 0 amide bonds. The average Bonchev–Trinajstić information content (AvgIpc) is 2.52. The minimum absolute atomic E-state index is 0.0972. The molecule has 122 valence electrons. The van der Waals surface area contributed by atoms with Crippen molar-refractivity contribution in [2.75, 3.05) is 0 Å². The van der Waals surface area contributed by atoms with Gasteiger partial charge in [-0.2, -0.15) is 0 Å². The van der Waals surface area contributed by atoms with Gasteiger partial charge in [0.2, 0.25) is 0 Å². The molecule has 0 fully saturated rings. The van der Waals surface area contributed by atoms with Gasteiger partial charge < -0.3 is 4.74 Å². The van der Waals surface area contributed by atoms with Crippen LogP contribution < -0.4 is 0 Å². The standard InChI is InChI=1S/C18H27NO2S/c1-15(17-12-8-9-13-21-17)19(22(20)18(2,3)4)14-16-10-6-5-7-11-16/h5-7,9-11,13,15,17H,8,12,14H2,1-4H3. The Kier molecular flexibility index (Phi) is 5.81. The Labute approximate surface area is 136 Å². The zero-order chi connectivity index (χ0) is 16.2. The van der Waals surface area contributed by atoms with Gasteiger partial charge in [-0.1, -0.05) is 30.3 Å². The smallest absolute Gasteiger partial charge is 0.114 e. The molecule has 1 aliphatic heterocycles. The minimum Gasteiger partial charge on any atom is -0.497 e. The highest BCUT2D eigenvalue weighted by atomic mass is 32.2. The summed E-state index contributed by atoms with van der Waals surface area (Å²) in [5.41, 5.74) is 1.18. The molecule has 0 bridgehead atoms. The first-order valence-electron chi connectivity index (χ1n) is 7.92. The number of benzene rings is 1. The maximum absolute atomic E-state index is 13.0. The van der Waals surface area contributed by atoms with Gasteiger partial charge in [0, 0.05) is 6.54 Å². The summed E-state index contributed by atoms with van der Waals surface area (Å²) in [5, 5.41) is 0. The monoisotopic (exact) mass is 321 g/mol. The summed E-state index contributed by atoms with van der Waals surface area (Å²) in [6, 6.07) is 10.3. The average molecular weight is 321 g/mol. The zero-order valence-electron chi connectivity index (χ0n) is 14.0. The van der Waals surface area contributed by atoms with E-state index in [-0.39, 0.29) is 16.9 Å².